The number of ketones is 1. The standard InChI is InChI=1S/C27H43O6P/c1-6-26(23(29)27(7-2,33-18(3)28)34(30,31)32)17-14-22-20-12-11-19-10-8-9-15-24(19,4)21(20)13-16-25(22,26)5/h11,20-22H,6-10,12-17H2,1-5H3,(H2,30,31,32)/t20-,21+,22+,24+,25+,26-,27?/m1/s1. The minimum absolute atomic E-state index is 0.228. The molecule has 4 aliphatic carbocycles. The largest absolute Gasteiger partial charge is 0.438 e. The van der Waals surface area contributed by atoms with E-state index in [0.717, 1.165) is 32.6 Å². The Morgan fingerprint density at radius 3 is 2.38 bits per heavy atom. The third-order valence-electron chi connectivity index (χ3n) is 11.0. The molecular weight excluding hydrogens is 451 g/mol. The van der Waals surface area contributed by atoms with Crippen LogP contribution in [0.2, 0.25) is 0 Å². The number of allylic oxidation sites excluding steroid dienone is 2. The second kappa shape index (κ2) is 8.56. The van der Waals surface area contributed by atoms with Gasteiger partial charge in [0.05, 0.1) is 0 Å². The van der Waals surface area contributed by atoms with Crippen molar-refractivity contribution in [3.8, 4) is 0 Å². The van der Waals surface area contributed by atoms with Crippen LogP contribution < -0.4 is 0 Å². The van der Waals surface area contributed by atoms with Crippen molar-refractivity contribution in [1.82, 2.24) is 0 Å². The fourth-order valence-corrected chi connectivity index (χ4v) is 10.4. The summed E-state index contributed by atoms with van der Waals surface area (Å²) in [4.78, 5) is 47.0. The summed E-state index contributed by atoms with van der Waals surface area (Å²) in [6.45, 7) is 9.27. The molecule has 2 N–H and O–H groups in total. The highest BCUT2D eigenvalue weighted by Crippen LogP contribution is 2.72. The first-order valence-corrected chi connectivity index (χ1v) is 14.9. The lowest BCUT2D eigenvalue weighted by Gasteiger charge is -2.59. The van der Waals surface area contributed by atoms with Crippen LogP contribution >= 0.6 is 7.60 Å². The van der Waals surface area contributed by atoms with Crippen LogP contribution in [0, 0.1) is 34.0 Å². The zero-order valence-electron chi connectivity index (χ0n) is 21.6. The third-order valence-corrected chi connectivity index (χ3v) is 12.6. The van der Waals surface area contributed by atoms with E-state index in [0.29, 0.717) is 30.6 Å². The lowest BCUT2D eigenvalue weighted by molar-refractivity contribution is -0.170. The Balaban J connectivity index is 1.76. The van der Waals surface area contributed by atoms with Gasteiger partial charge < -0.3 is 14.5 Å². The van der Waals surface area contributed by atoms with Crippen LogP contribution in [0.4, 0.5) is 0 Å². The maximum atomic E-state index is 14.4. The summed E-state index contributed by atoms with van der Waals surface area (Å²) in [6.07, 6.45) is 12.2. The van der Waals surface area contributed by atoms with Gasteiger partial charge in [-0.25, -0.2) is 0 Å². The molecule has 0 heterocycles. The Bertz CT molecular complexity index is 937. The molecule has 0 aromatic rings. The van der Waals surface area contributed by atoms with Crippen molar-refractivity contribution in [2.24, 2.45) is 34.0 Å². The second-order valence-corrected chi connectivity index (χ2v) is 13.8. The number of hydrogen-bond acceptors (Lipinski definition) is 4. The van der Waals surface area contributed by atoms with Crippen LogP contribution in [-0.2, 0) is 18.9 Å². The van der Waals surface area contributed by atoms with Crippen molar-refractivity contribution in [2.75, 3.05) is 0 Å². The Labute approximate surface area is 204 Å². The molecule has 0 bridgehead atoms. The highest BCUT2D eigenvalue weighted by molar-refractivity contribution is 7.54. The predicted molar refractivity (Wildman–Crippen MR) is 131 cm³/mol. The van der Waals surface area contributed by atoms with E-state index in [1.165, 1.54) is 32.6 Å². The van der Waals surface area contributed by atoms with Crippen LogP contribution in [0.1, 0.15) is 105 Å². The van der Waals surface area contributed by atoms with Crippen LogP contribution in [0.25, 0.3) is 0 Å². The summed E-state index contributed by atoms with van der Waals surface area (Å²) < 4.78 is 18.1. The minimum Gasteiger partial charge on any atom is -0.438 e. The number of esters is 1. The minimum atomic E-state index is -5.06. The molecule has 0 aliphatic heterocycles. The first-order valence-electron chi connectivity index (χ1n) is 13.3. The monoisotopic (exact) mass is 494 g/mol. The number of fused-ring (bicyclic) bond motifs is 5. The molecule has 4 aliphatic rings. The van der Waals surface area contributed by atoms with E-state index in [1.807, 2.05) is 6.92 Å². The molecule has 0 aromatic carbocycles. The SMILES string of the molecule is CCC(OC(C)=O)(C(=O)[C@@]1(CC)CC[C@H]2[C@@H]3CC=C4CCCC[C@]4(C)[C@H]3CC[C@@]21C)P(=O)(O)O. The summed E-state index contributed by atoms with van der Waals surface area (Å²) in [5.41, 5.74) is 0.611. The fraction of sp³-hybridized carbons (Fsp3) is 0.852. The lowest BCUT2D eigenvalue weighted by atomic mass is 9.45. The van der Waals surface area contributed by atoms with E-state index in [2.05, 4.69) is 19.9 Å². The first-order chi connectivity index (χ1) is 15.8. The molecule has 0 amide bonds. The number of carbonyl (C=O) groups excluding carboxylic acids is 2. The van der Waals surface area contributed by atoms with Gasteiger partial charge in [0.25, 0.3) is 5.34 Å². The normalized spacial score (nSPS) is 41.4. The van der Waals surface area contributed by atoms with Gasteiger partial charge in [0.1, 0.15) is 0 Å². The highest BCUT2D eigenvalue weighted by Gasteiger charge is 2.71. The summed E-state index contributed by atoms with van der Waals surface area (Å²) in [7, 11) is -5.06. The van der Waals surface area contributed by atoms with Crippen LogP contribution in [0.5, 0.6) is 0 Å². The van der Waals surface area contributed by atoms with E-state index in [1.54, 1.807) is 5.57 Å². The molecule has 1 unspecified atom stereocenters. The lowest BCUT2D eigenvalue weighted by Crippen LogP contribution is -2.58. The van der Waals surface area contributed by atoms with Crippen LogP contribution in [-0.4, -0.2) is 26.9 Å². The maximum Gasteiger partial charge on any atom is 0.376 e. The number of rotatable bonds is 6. The summed E-state index contributed by atoms with van der Waals surface area (Å²) in [6, 6.07) is 0. The number of hydrogen-bond donors (Lipinski definition) is 2. The van der Waals surface area contributed by atoms with Gasteiger partial charge >= 0.3 is 13.6 Å². The molecule has 3 fully saturated rings. The van der Waals surface area contributed by atoms with E-state index in [4.69, 9.17) is 4.74 Å². The van der Waals surface area contributed by atoms with Crippen molar-refractivity contribution in [3.63, 3.8) is 0 Å². The molecule has 7 atom stereocenters. The Hall–Kier alpha value is -0.970. The quantitative estimate of drug-likeness (QED) is 0.261. The molecule has 0 spiro atoms. The van der Waals surface area contributed by atoms with Gasteiger partial charge in [-0.1, -0.05) is 45.8 Å². The molecule has 0 saturated heterocycles. The molecule has 3 saturated carbocycles. The van der Waals surface area contributed by atoms with E-state index < -0.39 is 30.1 Å². The van der Waals surface area contributed by atoms with Gasteiger partial charge in [-0.3, -0.25) is 14.2 Å². The second-order valence-electron chi connectivity index (χ2n) is 12.0. The van der Waals surface area contributed by atoms with E-state index in [9.17, 15) is 23.9 Å². The Morgan fingerprint density at radius 2 is 1.79 bits per heavy atom. The summed E-state index contributed by atoms with van der Waals surface area (Å²) >= 11 is 0. The zero-order chi connectivity index (χ0) is 25.2. The van der Waals surface area contributed by atoms with Gasteiger partial charge in [-0.15, -0.1) is 0 Å². The van der Waals surface area contributed by atoms with Gasteiger partial charge in [-0.2, -0.15) is 0 Å². The van der Waals surface area contributed by atoms with Gasteiger partial charge in [0.2, 0.25) is 0 Å². The van der Waals surface area contributed by atoms with Crippen LogP contribution in [0.3, 0.4) is 0 Å². The van der Waals surface area contributed by atoms with E-state index in [-0.39, 0.29) is 17.3 Å². The average molecular weight is 495 g/mol. The number of ether oxygens (including phenoxy) is 1. The number of carbonyl (C=O) groups is 2. The first kappa shape index (κ1) is 26.1. The molecule has 0 radical (unpaired) electrons. The van der Waals surface area contributed by atoms with Gasteiger partial charge in [0, 0.05) is 18.8 Å². The van der Waals surface area contributed by atoms with Crippen molar-refractivity contribution in [1.29, 1.82) is 0 Å². The number of Topliss-reactive ketones (excluding diaryl/α,β-unsaturated/α-hetero) is 1. The van der Waals surface area contributed by atoms with Crippen molar-refractivity contribution in [2.45, 2.75) is 111 Å². The molecule has 4 rings (SSSR count). The van der Waals surface area contributed by atoms with E-state index >= 15 is 0 Å². The molecule has 192 valence electrons. The fourth-order valence-electron chi connectivity index (χ4n) is 9.23. The molecule has 34 heavy (non-hydrogen) atoms. The highest BCUT2D eigenvalue weighted by atomic mass is 31.2. The maximum absolute atomic E-state index is 14.4. The molecule has 0 aromatic heterocycles. The Morgan fingerprint density at radius 1 is 1.12 bits per heavy atom. The molecule has 6 nitrogen and oxygen atoms in total. The molecule has 7 heteroatoms. The summed E-state index contributed by atoms with van der Waals surface area (Å²) in [5.74, 6) is 0.0538. The summed E-state index contributed by atoms with van der Waals surface area (Å²) in [5, 5.41) is -2.40. The third kappa shape index (κ3) is 3.38. The van der Waals surface area contributed by atoms with Gasteiger partial charge in [-0.05, 0) is 86.4 Å². The van der Waals surface area contributed by atoms with Crippen molar-refractivity contribution in [3.05, 3.63) is 11.6 Å². The van der Waals surface area contributed by atoms with Crippen LogP contribution in [0.15, 0.2) is 11.6 Å². The van der Waals surface area contributed by atoms with Gasteiger partial charge in [0.15, 0.2) is 5.78 Å². The van der Waals surface area contributed by atoms with Crippen molar-refractivity contribution >= 4 is 19.3 Å². The predicted octanol–water partition coefficient (Wildman–Crippen LogP) is 6.15. The smallest absolute Gasteiger partial charge is 0.376 e. The zero-order valence-corrected chi connectivity index (χ0v) is 22.5. The van der Waals surface area contributed by atoms with Crippen molar-refractivity contribution < 1.29 is 28.7 Å². The topological polar surface area (TPSA) is 101 Å². The Kier molecular flexibility index (Phi) is 6.57. The molecular formula is C27H43O6P. The average Bonchev–Trinajstić information content (AvgIpc) is 3.08.